The monoisotopic (exact) mass is 740 g/mol. The molecule has 1 aliphatic rings. The quantitative estimate of drug-likeness (QED) is 0.0645. The number of nitriles is 1. The Hall–Kier alpha value is -4.48. The van der Waals surface area contributed by atoms with Crippen molar-refractivity contribution in [3.63, 3.8) is 0 Å². The van der Waals surface area contributed by atoms with Crippen LogP contribution in [-0.2, 0) is 38.4 Å². The second-order valence-electron chi connectivity index (χ2n) is 12.9. The molecule has 0 bridgehead atoms. The van der Waals surface area contributed by atoms with Crippen LogP contribution in [0.3, 0.4) is 0 Å². The maximum atomic E-state index is 13.7. The first kappa shape index (κ1) is 44.5. The number of thioether (sulfide) groups is 1. The van der Waals surface area contributed by atoms with E-state index in [0.29, 0.717) is 31.1 Å². The summed E-state index contributed by atoms with van der Waals surface area (Å²) >= 11 is 0.607. The molecule has 51 heavy (non-hydrogen) atoms. The molecule has 20 heteroatoms. The van der Waals surface area contributed by atoms with Crippen molar-refractivity contribution in [1.29, 1.82) is 5.26 Å². The zero-order valence-corrected chi connectivity index (χ0v) is 30.2. The second kappa shape index (κ2) is 23.1. The van der Waals surface area contributed by atoms with E-state index in [2.05, 4.69) is 37.2 Å². The minimum atomic E-state index is -1.59. The lowest BCUT2D eigenvalue weighted by Crippen LogP contribution is -2.60. The Morgan fingerprint density at radius 1 is 0.745 bits per heavy atom. The van der Waals surface area contributed by atoms with Crippen LogP contribution in [0.1, 0.15) is 66.2 Å². The van der Waals surface area contributed by atoms with Gasteiger partial charge < -0.3 is 53.8 Å². The van der Waals surface area contributed by atoms with Crippen LogP contribution in [0.2, 0.25) is 0 Å². The zero-order valence-electron chi connectivity index (χ0n) is 29.4. The van der Waals surface area contributed by atoms with Crippen LogP contribution in [0.5, 0.6) is 0 Å². The minimum absolute atomic E-state index is 0.0893. The first-order chi connectivity index (χ1) is 24.0. The van der Waals surface area contributed by atoms with Crippen LogP contribution in [-0.4, -0.2) is 114 Å². The van der Waals surface area contributed by atoms with E-state index in [-0.39, 0.29) is 36.9 Å². The number of aliphatic hydroxyl groups excluding tert-OH is 1. The largest absolute Gasteiger partial charge is 0.394 e. The highest BCUT2D eigenvalue weighted by atomic mass is 32.2. The van der Waals surface area contributed by atoms with Crippen molar-refractivity contribution < 1.29 is 43.5 Å². The smallest absolute Gasteiger partial charge is 0.245 e. The van der Waals surface area contributed by atoms with Crippen LogP contribution in [0.15, 0.2) is 0 Å². The van der Waals surface area contributed by atoms with Gasteiger partial charge in [0.15, 0.2) is 0 Å². The summed E-state index contributed by atoms with van der Waals surface area (Å²) in [4.78, 5) is 105. The molecule has 8 amide bonds. The molecule has 19 nitrogen and oxygen atoms in total. The number of carbonyl (C=O) groups excluding carboxylic acids is 8. The van der Waals surface area contributed by atoms with Gasteiger partial charge >= 0.3 is 0 Å². The Balaban J connectivity index is 3.68. The van der Waals surface area contributed by atoms with E-state index in [9.17, 15) is 43.5 Å². The van der Waals surface area contributed by atoms with Gasteiger partial charge in [-0.15, -0.1) is 0 Å². The molecule has 1 fully saturated rings. The summed E-state index contributed by atoms with van der Waals surface area (Å²) in [5.41, 5.74) is 11.0. The highest BCUT2D eigenvalue weighted by molar-refractivity contribution is 8.03. The number of nitrogens with two attached hydrogens (primary N) is 2. The van der Waals surface area contributed by atoms with E-state index >= 15 is 0 Å². The number of primary amides is 1. The number of carbonyl (C=O) groups is 8. The first-order valence-corrected chi connectivity index (χ1v) is 17.7. The summed E-state index contributed by atoms with van der Waals surface area (Å²) in [5.74, 6) is -7.68. The summed E-state index contributed by atoms with van der Waals surface area (Å²) in [6.07, 6.45) is 0.552. The molecule has 1 saturated heterocycles. The highest BCUT2D eigenvalue weighted by Gasteiger charge is 2.34. The van der Waals surface area contributed by atoms with Crippen molar-refractivity contribution in [3.8, 4) is 5.40 Å². The lowest BCUT2D eigenvalue weighted by molar-refractivity contribution is -0.136. The molecular weight excluding hydrogens is 688 g/mol. The van der Waals surface area contributed by atoms with E-state index in [1.807, 2.05) is 0 Å². The number of hydrogen-bond acceptors (Lipinski definition) is 12. The molecule has 0 aromatic rings. The molecule has 6 atom stereocenters. The minimum Gasteiger partial charge on any atom is -0.394 e. The summed E-state index contributed by atoms with van der Waals surface area (Å²) in [7, 11) is 0. The number of nitrogens with one attached hydrogen (secondary N) is 7. The Labute approximate surface area is 301 Å². The molecule has 12 N–H and O–H groups in total. The van der Waals surface area contributed by atoms with Crippen LogP contribution in [0.4, 0.5) is 0 Å². The molecule has 0 spiro atoms. The predicted octanol–water partition coefficient (Wildman–Crippen LogP) is -3.67. The standard InChI is InChI=1S/C31H52N10O9S/c1-16(2)9-19-28(47)37-18(7-5-6-8-32)27(46)38-20(10-17(3)4)29(48)40-21(11-24(34)43)26(45)35-12-25(44)36-23(14-51-15-33)31(50)41-22(13-42)30(49)39-19/h16-23,42H,5-14,32H2,1-4H3,(H2,34,43)(H,35,45)(H,36,44)(H,37,47)(H,38,46)(H,39,49)(H,40,48)(H,41,50)/t18-,19-,20-,21-,22-,23-/m0/s1. The van der Waals surface area contributed by atoms with Gasteiger partial charge in [0, 0.05) is 5.75 Å². The maximum absolute atomic E-state index is 13.7. The van der Waals surface area contributed by atoms with Gasteiger partial charge in [-0.05, 0) is 62.2 Å². The number of rotatable bonds is 13. The predicted molar refractivity (Wildman–Crippen MR) is 185 cm³/mol. The fraction of sp³-hybridized carbons (Fsp3) is 0.710. The Morgan fingerprint density at radius 3 is 1.71 bits per heavy atom. The summed E-state index contributed by atoms with van der Waals surface area (Å²) < 4.78 is 0. The van der Waals surface area contributed by atoms with Gasteiger partial charge in [-0.1, -0.05) is 27.7 Å². The summed E-state index contributed by atoms with van der Waals surface area (Å²) in [6.45, 7) is 5.81. The van der Waals surface area contributed by atoms with Gasteiger partial charge in [0.25, 0.3) is 0 Å². The number of thiocyanates is 1. The zero-order chi connectivity index (χ0) is 38.7. The van der Waals surface area contributed by atoms with E-state index in [0.717, 1.165) is 0 Å². The van der Waals surface area contributed by atoms with Gasteiger partial charge in [-0.25, -0.2) is 0 Å². The van der Waals surface area contributed by atoms with E-state index in [1.54, 1.807) is 33.1 Å². The van der Waals surface area contributed by atoms with E-state index in [4.69, 9.17) is 16.7 Å². The van der Waals surface area contributed by atoms with Crippen LogP contribution < -0.4 is 48.7 Å². The third kappa shape index (κ3) is 16.9. The Morgan fingerprint density at radius 2 is 1.22 bits per heavy atom. The average Bonchev–Trinajstić information content (AvgIpc) is 3.05. The van der Waals surface area contributed by atoms with Crippen molar-refractivity contribution in [2.75, 3.05) is 25.4 Å². The molecule has 0 unspecified atom stereocenters. The molecule has 1 rings (SSSR count). The molecular formula is C31H52N10O9S. The van der Waals surface area contributed by atoms with Gasteiger partial charge in [-0.3, -0.25) is 38.4 Å². The third-order valence-electron chi connectivity index (χ3n) is 7.50. The molecule has 286 valence electrons. The average molecular weight is 741 g/mol. The topological polar surface area (TPSA) is 317 Å². The fourth-order valence-corrected chi connectivity index (χ4v) is 5.45. The van der Waals surface area contributed by atoms with Gasteiger partial charge in [-0.2, -0.15) is 5.26 Å². The van der Waals surface area contributed by atoms with Crippen molar-refractivity contribution >= 4 is 59.0 Å². The second-order valence-corrected chi connectivity index (χ2v) is 13.7. The Bertz CT molecular complexity index is 1290. The highest BCUT2D eigenvalue weighted by Crippen LogP contribution is 2.11. The normalized spacial score (nSPS) is 24.9. The molecule has 0 saturated carbocycles. The molecule has 0 aromatic heterocycles. The fourth-order valence-electron chi connectivity index (χ4n) is 4.97. The van der Waals surface area contributed by atoms with Gasteiger partial charge in [0.1, 0.15) is 41.7 Å². The number of nitrogens with zero attached hydrogens (tertiary/aromatic N) is 1. The molecule has 0 aromatic carbocycles. The van der Waals surface area contributed by atoms with Crippen LogP contribution in [0, 0.1) is 22.5 Å². The molecule has 1 aliphatic heterocycles. The van der Waals surface area contributed by atoms with E-state index < -0.39 is 103 Å². The SMILES string of the molecule is CC(C)C[C@@H]1NC(=O)[C@H](CCCCN)NC(=O)[C@H](CC(C)C)NC(=O)[C@H](CO)NC(=O)[C@H](CSC#N)NC(=O)CNC(=O)[C@H](CC(N)=O)NC1=O. The first-order valence-electron chi connectivity index (χ1n) is 16.7. The van der Waals surface area contributed by atoms with Gasteiger partial charge in [0.2, 0.25) is 47.3 Å². The summed E-state index contributed by atoms with van der Waals surface area (Å²) in [5, 5.41) is 37.9. The molecule has 0 radical (unpaired) electrons. The number of aliphatic hydroxyl groups is 1. The van der Waals surface area contributed by atoms with Crippen molar-refractivity contribution in [2.45, 2.75) is 102 Å². The summed E-state index contributed by atoms with van der Waals surface area (Å²) in [6, 6.07) is -8.23. The lowest BCUT2D eigenvalue weighted by Gasteiger charge is -2.28. The van der Waals surface area contributed by atoms with Crippen molar-refractivity contribution in [2.24, 2.45) is 23.3 Å². The van der Waals surface area contributed by atoms with Gasteiger partial charge in [0.05, 0.1) is 19.6 Å². The molecule has 1 heterocycles. The number of unbranched alkanes of at least 4 members (excludes halogenated alkanes) is 1. The third-order valence-corrected chi connectivity index (χ3v) is 8.13. The number of hydrogen-bond donors (Lipinski definition) is 10. The van der Waals surface area contributed by atoms with Crippen LogP contribution in [0.25, 0.3) is 0 Å². The van der Waals surface area contributed by atoms with Crippen LogP contribution >= 0.6 is 11.8 Å². The van der Waals surface area contributed by atoms with Crippen molar-refractivity contribution in [1.82, 2.24) is 37.2 Å². The lowest BCUT2D eigenvalue weighted by atomic mass is 10.00. The molecule has 0 aliphatic carbocycles. The van der Waals surface area contributed by atoms with E-state index in [1.165, 1.54) is 0 Å². The number of amides is 8. The maximum Gasteiger partial charge on any atom is 0.245 e. The Kier molecular flexibility index (Phi) is 20.2. The van der Waals surface area contributed by atoms with Crippen molar-refractivity contribution in [3.05, 3.63) is 0 Å².